The van der Waals surface area contributed by atoms with Crippen LogP contribution >= 0.6 is 22.7 Å². The Hall–Kier alpha value is -3.77. The Labute approximate surface area is 196 Å². The summed E-state index contributed by atoms with van der Waals surface area (Å²) >= 11 is 1.94. The quantitative estimate of drug-likeness (QED) is 0.273. The van der Waals surface area contributed by atoms with Crippen molar-refractivity contribution in [1.29, 1.82) is 0 Å². The van der Waals surface area contributed by atoms with Gasteiger partial charge in [-0.05, 0) is 34.4 Å². The highest BCUT2D eigenvalue weighted by Gasteiger charge is 2.39. The Morgan fingerprint density at radius 1 is 1.21 bits per heavy atom. The SMILES string of the molecule is Cc1ccc(-[n+]2[nH]oc(=O)c2C(=O)c2sc3nc(-c4cccs4)cc(C(F)(F)F)c3c2N)cc1. The number of nitrogen functional groups attached to an aromatic ring is 1. The molecule has 0 saturated carbocycles. The zero-order valence-corrected chi connectivity index (χ0v) is 18.9. The minimum absolute atomic E-state index is 0.0547. The number of aromatic amines is 1. The normalized spacial score (nSPS) is 11.9. The molecule has 0 saturated heterocycles. The number of hydrogen-bond acceptors (Lipinski definition) is 7. The number of benzene rings is 1. The van der Waals surface area contributed by atoms with E-state index in [-0.39, 0.29) is 20.8 Å². The van der Waals surface area contributed by atoms with Crippen molar-refractivity contribution in [3.63, 3.8) is 0 Å². The Morgan fingerprint density at radius 3 is 2.59 bits per heavy atom. The van der Waals surface area contributed by atoms with Crippen LogP contribution in [0.1, 0.15) is 26.5 Å². The van der Waals surface area contributed by atoms with Gasteiger partial charge in [-0.1, -0.05) is 23.8 Å². The highest BCUT2D eigenvalue weighted by molar-refractivity contribution is 7.21. The summed E-state index contributed by atoms with van der Waals surface area (Å²) in [7, 11) is 0. The Kier molecular flexibility index (Phi) is 5.14. The van der Waals surface area contributed by atoms with Gasteiger partial charge in [0.2, 0.25) is 5.69 Å². The van der Waals surface area contributed by atoms with Crippen LogP contribution in [0.3, 0.4) is 0 Å². The number of rotatable bonds is 4. The number of pyridine rings is 1. The summed E-state index contributed by atoms with van der Waals surface area (Å²) in [5.74, 6) is -0.873. The number of alkyl halides is 3. The number of fused-ring (bicyclic) bond motifs is 1. The number of carbonyl (C=O) groups is 1. The van der Waals surface area contributed by atoms with E-state index in [0.717, 1.165) is 16.3 Å². The molecule has 0 amide bonds. The highest BCUT2D eigenvalue weighted by atomic mass is 32.1. The molecular formula is C22H14F3N4O3S2+. The van der Waals surface area contributed by atoms with E-state index >= 15 is 0 Å². The molecule has 0 atom stereocenters. The van der Waals surface area contributed by atoms with Crippen LogP contribution in [0.15, 0.2) is 57.2 Å². The minimum atomic E-state index is -4.74. The zero-order chi connectivity index (χ0) is 24.2. The average molecular weight is 504 g/mol. The maximum absolute atomic E-state index is 14.0. The predicted octanol–water partition coefficient (Wildman–Crippen LogP) is 4.72. The fourth-order valence-electron chi connectivity index (χ4n) is 3.51. The van der Waals surface area contributed by atoms with Gasteiger partial charge >= 0.3 is 17.5 Å². The van der Waals surface area contributed by atoms with Gasteiger partial charge in [-0.25, -0.2) is 9.78 Å². The first-order chi connectivity index (χ1) is 16.1. The van der Waals surface area contributed by atoms with Gasteiger partial charge in [0.1, 0.15) is 9.71 Å². The Bertz CT molecular complexity index is 1600. The molecule has 1 aromatic carbocycles. The van der Waals surface area contributed by atoms with Crippen LogP contribution in [-0.2, 0) is 6.18 Å². The molecule has 5 aromatic rings. The first kappa shape index (κ1) is 22.0. The van der Waals surface area contributed by atoms with Crippen LogP contribution in [0.5, 0.6) is 0 Å². The number of aryl methyl sites for hydroxylation is 1. The van der Waals surface area contributed by atoms with Crippen LogP contribution in [0.4, 0.5) is 18.9 Å². The number of nitrogens with zero attached hydrogens (tertiary/aromatic N) is 2. The summed E-state index contributed by atoms with van der Waals surface area (Å²) in [6.45, 7) is 1.87. The van der Waals surface area contributed by atoms with E-state index in [1.165, 1.54) is 11.3 Å². The summed E-state index contributed by atoms with van der Waals surface area (Å²) in [5.41, 5.74) is 4.77. The fraction of sp³-hybridized carbons (Fsp3) is 0.0909. The van der Waals surface area contributed by atoms with E-state index in [1.54, 1.807) is 41.8 Å². The molecule has 4 heterocycles. The van der Waals surface area contributed by atoms with E-state index < -0.39 is 34.5 Å². The van der Waals surface area contributed by atoms with Crippen LogP contribution in [0.2, 0.25) is 0 Å². The van der Waals surface area contributed by atoms with Gasteiger partial charge in [-0.3, -0.25) is 9.32 Å². The lowest BCUT2D eigenvalue weighted by atomic mass is 10.1. The third kappa shape index (κ3) is 3.60. The molecule has 0 spiro atoms. The molecule has 4 aromatic heterocycles. The number of nitrogens with two attached hydrogens (primary N) is 1. The van der Waals surface area contributed by atoms with Crippen molar-refractivity contribution < 1.29 is 27.2 Å². The molecule has 0 unspecified atom stereocenters. The minimum Gasteiger partial charge on any atom is -0.397 e. The number of anilines is 1. The molecule has 0 aliphatic heterocycles. The Morgan fingerprint density at radius 2 is 1.94 bits per heavy atom. The number of H-pyrrole nitrogens is 1. The van der Waals surface area contributed by atoms with Crippen LogP contribution < -0.4 is 16.0 Å². The van der Waals surface area contributed by atoms with E-state index in [9.17, 15) is 22.8 Å². The molecule has 7 nitrogen and oxygen atoms in total. The number of hydrogen-bond donors (Lipinski definition) is 2. The second-order valence-electron chi connectivity index (χ2n) is 7.38. The van der Waals surface area contributed by atoms with Gasteiger partial charge in [0, 0.05) is 17.5 Å². The maximum atomic E-state index is 14.0. The summed E-state index contributed by atoms with van der Waals surface area (Å²) in [6.07, 6.45) is -4.74. The third-order valence-electron chi connectivity index (χ3n) is 5.14. The van der Waals surface area contributed by atoms with Crippen molar-refractivity contribution in [2.45, 2.75) is 13.1 Å². The number of halogens is 3. The van der Waals surface area contributed by atoms with Gasteiger partial charge in [-0.2, -0.15) is 13.2 Å². The maximum Gasteiger partial charge on any atom is 0.439 e. The fourth-order valence-corrected chi connectivity index (χ4v) is 5.26. The monoisotopic (exact) mass is 503 g/mol. The van der Waals surface area contributed by atoms with Crippen molar-refractivity contribution in [2.75, 3.05) is 5.73 Å². The summed E-state index contributed by atoms with van der Waals surface area (Å²) in [4.78, 5) is 30.3. The molecule has 0 aliphatic carbocycles. The molecule has 5 rings (SSSR count). The first-order valence-corrected chi connectivity index (χ1v) is 11.4. The molecule has 12 heteroatoms. The third-order valence-corrected chi connectivity index (χ3v) is 7.13. The number of aromatic nitrogens is 3. The highest BCUT2D eigenvalue weighted by Crippen LogP contribution is 2.44. The van der Waals surface area contributed by atoms with Crippen molar-refractivity contribution in [2.24, 2.45) is 0 Å². The Balaban J connectivity index is 1.71. The molecule has 0 bridgehead atoms. The zero-order valence-electron chi connectivity index (χ0n) is 17.3. The largest absolute Gasteiger partial charge is 0.439 e. The second kappa shape index (κ2) is 7.92. The topological polar surface area (TPSA) is 106 Å². The lowest BCUT2D eigenvalue weighted by molar-refractivity contribution is -0.672. The number of ketones is 1. The van der Waals surface area contributed by atoms with Crippen molar-refractivity contribution in [3.8, 4) is 16.3 Å². The van der Waals surface area contributed by atoms with Crippen LogP contribution in [0.25, 0.3) is 26.5 Å². The van der Waals surface area contributed by atoms with Gasteiger partial charge in [0.05, 0.1) is 21.8 Å². The first-order valence-electron chi connectivity index (χ1n) is 9.74. The molecule has 0 aliphatic rings. The van der Waals surface area contributed by atoms with E-state index in [2.05, 4.69) is 10.3 Å². The van der Waals surface area contributed by atoms with E-state index in [1.807, 2.05) is 6.92 Å². The van der Waals surface area contributed by atoms with Crippen LogP contribution in [-0.4, -0.2) is 16.0 Å². The smallest absolute Gasteiger partial charge is 0.397 e. The van der Waals surface area contributed by atoms with Gasteiger partial charge in [0.15, 0.2) is 0 Å². The van der Waals surface area contributed by atoms with Gasteiger partial charge in [0.25, 0.3) is 5.78 Å². The van der Waals surface area contributed by atoms with Crippen molar-refractivity contribution in [1.82, 2.24) is 10.3 Å². The number of nitrogens with one attached hydrogen (secondary N) is 1. The second-order valence-corrected chi connectivity index (χ2v) is 9.33. The van der Waals surface area contributed by atoms with Gasteiger partial charge in [-0.15, -0.1) is 22.7 Å². The lowest BCUT2D eigenvalue weighted by Crippen LogP contribution is -2.41. The van der Waals surface area contributed by atoms with Crippen molar-refractivity contribution in [3.05, 3.63) is 80.0 Å². The summed E-state index contributed by atoms with van der Waals surface area (Å²) in [5, 5.41) is 3.71. The van der Waals surface area contributed by atoms with Crippen LogP contribution in [0, 0.1) is 6.92 Å². The number of carbonyl (C=O) groups excluding carboxylic acids is 1. The lowest BCUT2D eigenvalue weighted by Gasteiger charge is -2.10. The molecule has 172 valence electrons. The standard InChI is InChI=1S/C22H13F3N4O3S2/c1-10-4-6-11(7-5-10)29-17(21(31)32-28-29)18(30)19-16(26)15-12(22(23,24)25)9-13(27-20(15)34-19)14-3-2-8-33-14/h2-9H,1H3,(H2-,26,28,30,31)/p+1. The number of thiophene rings is 2. The molecular weight excluding hydrogens is 489 g/mol. The van der Waals surface area contributed by atoms with Crippen molar-refractivity contribution >= 4 is 44.4 Å². The van der Waals surface area contributed by atoms with Gasteiger partial charge < -0.3 is 5.73 Å². The average Bonchev–Trinajstić information content (AvgIpc) is 3.52. The summed E-state index contributed by atoms with van der Waals surface area (Å²) in [6, 6.07) is 11.1. The molecule has 34 heavy (non-hydrogen) atoms. The summed E-state index contributed by atoms with van der Waals surface area (Å²) < 4.78 is 47.8. The predicted molar refractivity (Wildman–Crippen MR) is 121 cm³/mol. The molecule has 0 fully saturated rings. The molecule has 3 N–H and O–H groups in total. The molecule has 0 radical (unpaired) electrons. The van der Waals surface area contributed by atoms with E-state index in [0.29, 0.717) is 21.9 Å². The van der Waals surface area contributed by atoms with E-state index in [4.69, 9.17) is 10.3 Å².